The van der Waals surface area contributed by atoms with Gasteiger partial charge < -0.3 is 10.1 Å². The Kier molecular flexibility index (Phi) is 2.42. The van der Waals surface area contributed by atoms with Crippen LogP contribution in [0.3, 0.4) is 0 Å². The van der Waals surface area contributed by atoms with E-state index < -0.39 is 0 Å². The lowest BCUT2D eigenvalue weighted by molar-refractivity contribution is 0.426. The maximum atomic E-state index is 10.1. The summed E-state index contributed by atoms with van der Waals surface area (Å²) in [7, 11) is 0. The fourth-order valence-electron chi connectivity index (χ4n) is 1.56. The Hall–Kier alpha value is -0.920. The quantitative estimate of drug-likeness (QED) is 0.654. The predicted molar refractivity (Wildman–Crippen MR) is 59.9 cm³/mol. The van der Waals surface area contributed by atoms with E-state index >= 15 is 0 Å². The number of aromatic amines is 1. The highest BCUT2D eigenvalue weighted by Gasteiger charge is 2.27. The largest absolute Gasteiger partial charge is 0.506 e. The number of hydrogen-bond acceptors (Lipinski definition) is 1. The highest BCUT2D eigenvalue weighted by atomic mass is 16.3. The molecular weight excluding hydrogens is 174 g/mol. The van der Waals surface area contributed by atoms with Crippen LogP contribution in [0.25, 0.3) is 0 Å². The summed E-state index contributed by atoms with van der Waals surface area (Å²) in [5.41, 5.74) is 1.86. The van der Waals surface area contributed by atoms with Crippen molar-refractivity contribution in [3.63, 3.8) is 0 Å². The molecular formula is C12H21NO. The molecule has 0 unspecified atom stereocenters. The van der Waals surface area contributed by atoms with E-state index in [0.29, 0.717) is 5.75 Å². The van der Waals surface area contributed by atoms with Crippen molar-refractivity contribution >= 4 is 0 Å². The Morgan fingerprint density at radius 3 is 1.71 bits per heavy atom. The van der Waals surface area contributed by atoms with E-state index in [1.165, 1.54) is 0 Å². The van der Waals surface area contributed by atoms with Crippen LogP contribution in [0.15, 0.2) is 6.20 Å². The van der Waals surface area contributed by atoms with E-state index in [0.717, 1.165) is 11.3 Å². The van der Waals surface area contributed by atoms with Gasteiger partial charge in [0.1, 0.15) is 5.75 Å². The lowest BCUT2D eigenvalue weighted by atomic mass is 9.85. The van der Waals surface area contributed by atoms with Crippen molar-refractivity contribution in [1.29, 1.82) is 0 Å². The molecule has 0 spiro atoms. The summed E-state index contributed by atoms with van der Waals surface area (Å²) in [4.78, 5) is 3.17. The zero-order valence-electron chi connectivity index (χ0n) is 10.0. The van der Waals surface area contributed by atoms with Crippen molar-refractivity contribution < 1.29 is 5.11 Å². The van der Waals surface area contributed by atoms with E-state index in [1.807, 2.05) is 6.20 Å². The van der Waals surface area contributed by atoms with Crippen LogP contribution < -0.4 is 0 Å². The first kappa shape index (κ1) is 11.2. The van der Waals surface area contributed by atoms with Crippen LogP contribution in [0.2, 0.25) is 0 Å². The molecule has 0 aromatic carbocycles. The lowest BCUT2D eigenvalue weighted by Crippen LogP contribution is -2.13. The van der Waals surface area contributed by atoms with Crippen molar-refractivity contribution in [2.75, 3.05) is 0 Å². The summed E-state index contributed by atoms with van der Waals surface area (Å²) in [6, 6.07) is 0. The van der Waals surface area contributed by atoms with E-state index in [4.69, 9.17) is 0 Å². The zero-order valence-corrected chi connectivity index (χ0v) is 10.0. The average Bonchev–Trinajstić information content (AvgIpc) is 2.26. The van der Waals surface area contributed by atoms with Gasteiger partial charge in [-0.05, 0) is 5.41 Å². The highest BCUT2D eigenvalue weighted by molar-refractivity contribution is 5.43. The van der Waals surface area contributed by atoms with Crippen LogP contribution in [-0.4, -0.2) is 10.1 Å². The van der Waals surface area contributed by atoms with E-state index in [9.17, 15) is 5.11 Å². The maximum absolute atomic E-state index is 10.1. The summed E-state index contributed by atoms with van der Waals surface area (Å²) in [6.45, 7) is 12.6. The van der Waals surface area contributed by atoms with Crippen LogP contribution in [0, 0.1) is 0 Å². The molecule has 0 radical (unpaired) electrons. The molecule has 0 aliphatic carbocycles. The van der Waals surface area contributed by atoms with Gasteiger partial charge in [-0.1, -0.05) is 41.5 Å². The molecule has 2 N–H and O–H groups in total. The molecule has 14 heavy (non-hydrogen) atoms. The third-order valence-corrected chi connectivity index (χ3v) is 2.41. The lowest BCUT2D eigenvalue weighted by Gasteiger charge is -2.20. The van der Waals surface area contributed by atoms with Gasteiger partial charge in [-0.15, -0.1) is 0 Å². The smallest absolute Gasteiger partial charge is 0.140 e. The van der Waals surface area contributed by atoms with Gasteiger partial charge in [0.15, 0.2) is 0 Å². The molecule has 1 heterocycles. The van der Waals surface area contributed by atoms with E-state index in [1.54, 1.807) is 0 Å². The summed E-state index contributed by atoms with van der Waals surface area (Å²) in [5.74, 6) is 0.421. The number of rotatable bonds is 0. The van der Waals surface area contributed by atoms with Crippen LogP contribution in [-0.2, 0) is 10.8 Å². The molecule has 1 aromatic rings. The summed E-state index contributed by atoms with van der Waals surface area (Å²) < 4.78 is 0. The summed E-state index contributed by atoms with van der Waals surface area (Å²) in [6.07, 6.45) is 1.91. The number of hydrogen-bond donors (Lipinski definition) is 2. The van der Waals surface area contributed by atoms with E-state index in [-0.39, 0.29) is 10.8 Å². The van der Waals surface area contributed by atoms with Crippen molar-refractivity contribution in [2.24, 2.45) is 0 Å². The van der Waals surface area contributed by atoms with Crippen molar-refractivity contribution in [3.8, 4) is 5.75 Å². The van der Waals surface area contributed by atoms with Gasteiger partial charge in [-0.2, -0.15) is 0 Å². The molecule has 0 amide bonds. The number of aromatic nitrogens is 1. The first-order chi connectivity index (χ1) is 6.14. The minimum absolute atomic E-state index is 0.00984. The second-order valence-electron chi connectivity index (χ2n) is 5.93. The van der Waals surface area contributed by atoms with Crippen molar-refractivity contribution in [2.45, 2.75) is 52.4 Å². The Labute approximate surface area is 86.4 Å². The van der Waals surface area contributed by atoms with Crippen LogP contribution in [0.4, 0.5) is 0 Å². The summed E-state index contributed by atoms with van der Waals surface area (Å²) in [5, 5.41) is 10.1. The standard InChI is InChI=1S/C12H21NO/c1-11(2,3)8-7-13-10(9(8)14)12(4,5)6/h7,13-14H,1-6H3. The molecule has 2 nitrogen and oxygen atoms in total. The SMILES string of the molecule is CC(C)(C)c1c[nH]c(C(C)(C)C)c1O. The van der Waals surface area contributed by atoms with Gasteiger partial charge in [0.25, 0.3) is 0 Å². The van der Waals surface area contributed by atoms with E-state index in [2.05, 4.69) is 46.5 Å². The molecule has 0 aliphatic heterocycles. The molecule has 0 fully saturated rings. The zero-order chi connectivity index (χ0) is 11.1. The van der Waals surface area contributed by atoms with Crippen LogP contribution in [0.5, 0.6) is 5.75 Å². The molecule has 80 valence electrons. The highest BCUT2D eigenvalue weighted by Crippen LogP contribution is 2.38. The number of H-pyrrole nitrogens is 1. The van der Waals surface area contributed by atoms with Crippen molar-refractivity contribution in [3.05, 3.63) is 17.5 Å². The van der Waals surface area contributed by atoms with Crippen LogP contribution >= 0.6 is 0 Å². The third kappa shape index (κ3) is 1.94. The molecule has 0 saturated heterocycles. The molecule has 2 heteroatoms. The molecule has 1 aromatic heterocycles. The minimum Gasteiger partial charge on any atom is -0.506 e. The Balaban J connectivity index is 3.23. The normalized spacial score (nSPS) is 13.3. The maximum Gasteiger partial charge on any atom is 0.140 e. The monoisotopic (exact) mass is 195 g/mol. The first-order valence-corrected chi connectivity index (χ1v) is 5.05. The van der Waals surface area contributed by atoms with Gasteiger partial charge in [-0.3, -0.25) is 0 Å². The topological polar surface area (TPSA) is 36.0 Å². The van der Waals surface area contributed by atoms with Gasteiger partial charge in [0.2, 0.25) is 0 Å². The third-order valence-electron chi connectivity index (χ3n) is 2.41. The molecule has 0 saturated carbocycles. The summed E-state index contributed by atoms with van der Waals surface area (Å²) >= 11 is 0. The second-order valence-corrected chi connectivity index (χ2v) is 5.93. The minimum atomic E-state index is -0.0341. The molecule has 1 rings (SSSR count). The Bertz CT molecular complexity index is 292. The molecule has 0 bridgehead atoms. The fourth-order valence-corrected chi connectivity index (χ4v) is 1.56. The Morgan fingerprint density at radius 2 is 1.50 bits per heavy atom. The Morgan fingerprint density at radius 1 is 1.00 bits per heavy atom. The van der Waals surface area contributed by atoms with Gasteiger partial charge in [0.05, 0.1) is 5.69 Å². The van der Waals surface area contributed by atoms with Crippen molar-refractivity contribution in [1.82, 2.24) is 4.98 Å². The second kappa shape index (κ2) is 3.04. The van der Waals surface area contributed by atoms with Gasteiger partial charge in [-0.25, -0.2) is 0 Å². The number of nitrogens with one attached hydrogen (secondary N) is 1. The number of aromatic hydroxyl groups is 1. The fraction of sp³-hybridized carbons (Fsp3) is 0.667. The van der Waals surface area contributed by atoms with Gasteiger partial charge in [0, 0.05) is 17.2 Å². The molecule has 0 aliphatic rings. The predicted octanol–water partition coefficient (Wildman–Crippen LogP) is 3.32. The first-order valence-electron chi connectivity index (χ1n) is 5.05. The van der Waals surface area contributed by atoms with Gasteiger partial charge >= 0.3 is 0 Å². The average molecular weight is 195 g/mol. The molecule has 0 atom stereocenters. The van der Waals surface area contributed by atoms with Crippen LogP contribution in [0.1, 0.15) is 52.8 Å².